The molecule has 0 atom stereocenters. The van der Waals surface area contributed by atoms with Gasteiger partial charge in [0.15, 0.2) is 17.3 Å². The van der Waals surface area contributed by atoms with Gasteiger partial charge in [0.05, 0.1) is 12.5 Å². The van der Waals surface area contributed by atoms with Crippen LogP contribution in [0.3, 0.4) is 0 Å². The summed E-state index contributed by atoms with van der Waals surface area (Å²) in [6, 6.07) is 5.72. The number of rotatable bonds is 8. The Kier molecular flexibility index (Phi) is 5.87. The molecule has 2 aromatic rings. The summed E-state index contributed by atoms with van der Waals surface area (Å²) in [6.45, 7) is 5.79. The molecule has 1 aromatic carbocycles. The summed E-state index contributed by atoms with van der Waals surface area (Å²) < 4.78 is 13.4. The Labute approximate surface area is 129 Å². The van der Waals surface area contributed by atoms with Gasteiger partial charge in [-0.05, 0) is 19.4 Å². The van der Waals surface area contributed by atoms with Gasteiger partial charge in [-0.2, -0.15) is 5.10 Å². The summed E-state index contributed by atoms with van der Waals surface area (Å²) >= 11 is 5.98. The third-order valence-electron chi connectivity index (χ3n) is 2.98. The molecular weight excluding hydrogens is 290 g/mol. The lowest BCUT2D eigenvalue weighted by molar-refractivity contribution is 0.255. The highest BCUT2D eigenvalue weighted by Gasteiger charge is 2.12. The van der Waals surface area contributed by atoms with Crippen LogP contribution in [0.4, 0.5) is 0 Å². The topological polar surface area (TPSA) is 49.2 Å². The minimum atomic E-state index is 0.341. The summed E-state index contributed by atoms with van der Waals surface area (Å²) in [5.41, 5.74) is 0.907. The maximum absolute atomic E-state index is 5.98. The van der Waals surface area contributed by atoms with Crippen LogP contribution in [-0.4, -0.2) is 21.4 Å². The molecule has 0 spiro atoms. The first-order chi connectivity index (χ1) is 10.3. The van der Waals surface area contributed by atoms with Crippen LogP contribution in [0, 0.1) is 0 Å². The molecule has 0 amide bonds. The fourth-order valence-electron chi connectivity index (χ4n) is 2.03. The average Bonchev–Trinajstić information content (AvgIpc) is 2.94. The fraction of sp³-hybridized carbons (Fsp3) is 0.467. The zero-order valence-electron chi connectivity index (χ0n) is 12.4. The predicted octanol–water partition coefficient (Wildman–Crippen LogP) is 3.40. The molecule has 0 aliphatic carbocycles. The SMILES string of the molecule is CCCn1ncnc1COc1c(CCl)cccc1OCC. The smallest absolute Gasteiger partial charge is 0.166 e. The quantitative estimate of drug-likeness (QED) is 0.701. The molecule has 0 aliphatic rings. The van der Waals surface area contributed by atoms with E-state index in [1.54, 1.807) is 6.33 Å². The van der Waals surface area contributed by atoms with Gasteiger partial charge in [0.1, 0.15) is 12.9 Å². The molecule has 0 bridgehead atoms. The lowest BCUT2D eigenvalue weighted by Gasteiger charge is -2.15. The second kappa shape index (κ2) is 7.88. The van der Waals surface area contributed by atoms with E-state index >= 15 is 0 Å². The van der Waals surface area contributed by atoms with Gasteiger partial charge in [-0.1, -0.05) is 19.1 Å². The van der Waals surface area contributed by atoms with Crippen molar-refractivity contribution >= 4 is 11.6 Å². The van der Waals surface area contributed by atoms with Crippen molar-refractivity contribution in [2.75, 3.05) is 6.61 Å². The highest BCUT2D eigenvalue weighted by Crippen LogP contribution is 2.33. The number of nitrogens with zero attached hydrogens (tertiary/aromatic N) is 3. The summed E-state index contributed by atoms with van der Waals surface area (Å²) in [6.07, 6.45) is 2.55. The van der Waals surface area contributed by atoms with Gasteiger partial charge < -0.3 is 9.47 Å². The Morgan fingerprint density at radius 2 is 2.10 bits per heavy atom. The van der Waals surface area contributed by atoms with Gasteiger partial charge in [0.2, 0.25) is 0 Å². The van der Waals surface area contributed by atoms with Gasteiger partial charge in [0.25, 0.3) is 0 Å². The largest absolute Gasteiger partial charge is 0.490 e. The van der Waals surface area contributed by atoms with Crippen molar-refractivity contribution in [3.63, 3.8) is 0 Å². The molecule has 0 N–H and O–H groups in total. The Morgan fingerprint density at radius 3 is 2.81 bits per heavy atom. The second-order valence-corrected chi connectivity index (χ2v) is 4.77. The molecule has 0 fully saturated rings. The highest BCUT2D eigenvalue weighted by molar-refractivity contribution is 6.17. The van der Waals surface area contributed by atoms with E-state index in [9.17, 15) is 0 Å². The van der Waals surface area contributed by atoms with Crippen LogP contribution in [0.1, 0.15) is 31.7 Å². The van der Waals surface area contributed by atoms with Gasteiger partial charge in [-0.15, -0.1) is 11.6 Å². The van der Waals surface area contributed by atoms with Gasteiger partial charge in [-0.25, -0.2) is 9.67 Å². The Hall–Kier alpha value is -1.75. The summed E-state index contributed by atoms with van der Waals surface area (Å²) in [4.78, 5) is 4.23. The molecular formula is C15H20ClN3O2. The summed E-state index contributed by atoms with van der Waals surface area (Å²) in [7, 11) is 0. The minimum absolute atomic E-state index is 0.341. The fourth-order valence-corrected chi connectivity index (χ4v) is 2.25. The van der Waals surface area contributed by atoms with E-state index in [1.807, 2.05) is 29.8 Å². The average molecular weight is 310 g/mol. The first-order valence-corrected chi connectivity index (χ1v) is 7.63. The number of aryl methyl sites for hydroxylation is 1. The van der Waals surface area contributed by atoms with Crippen LogP contribution < -0.4 is 9.47 Å². The molecule has 0 radical (unpaired) electrons. The monoisotopic (exact) mass is 309 g/mol. The predicted molar refractivity (Wildman–Crippen MR) is 81.8 cm³/mol. The first kappa shape index (κ1) is 15.6. The molecule has 1 heterocycles. The molecule has 0 saturated carbocycles. The van der Waals surface area contributed by atoms with Crippen LogP contribution >= 0.6 is 11.6 Å². The van der Waals surface area contributed by atoms with Crippen LogP contribution in [0.25, 0.3) is 0 Å². The van der Waals surface area contributed by atoms with Crippen LogP contribution in [-0.2, 0) is 19.0 Å². The zero-order chi connectivity index (χ0) is 15.1. The maximum atomic E-state index is 5.98. The van der Waals surface area contributed by atoms with Crippen molar-refractivity contribution < 1.29 is 9.47 Å². The Bertz CT molecular complexity index is 572. The van der Waals surface area contributed by atoms with E-state index in [1.165, 1.54) is 0 Å². The van der Waals surface area contributed by atoms with Crippen LogP contribution in [0.2, 0.25) is 0 Å². The molecule has 0 unspecified atom stereocenters. The normalized spacial score (nSPS) is 10.6. The van der Waals surface area contributed by atoms with Crippen LogP contribution in [0.15, 0.2) is 24.5 Å². The number of benzene rings is 1. The van der Waals surface area contributed by atoms with Crippen molar-refractivity contribution in [1.29, 1.82) is 0 Å². The number of para-hydroxylation sites is 1. The molecule has 114 valence electrons. The van der Waals surface area contributed by atoms with Crippen molar-refractivity contribution in [2.24, 2.45) is 0 Å². The van der Waals surface area contributed by atoms with Crippen molar-refractivity contribution in [1.82, 2.24) is 14.8 Å². The standard InChI is InChI=1S/C15H20ClN3O2/c1-3-8-19-14(17-11-18-19)10-21-15-12(9-16)6-5-7-13(15)20-4-2/h5-7,11H,3-4,8-10H2,1-2H3. The van der Waals surface area contributed by atoms with Gasteiger partial charge in [-0.3, -0.25) is 0 Å². The summed E-state index contributed by atoms with van der Waals surface area (Å²) in [5, 5.41) is 4.19. The first-order valence-electron chi connectivity index (χ1n) is 7.10. The lowest BCUT2D eigenvalue weighted by atomic mass is 10.2. The molecule has 5 nitrogen and oxygen atoms in total. The van der Waals surface area contributed by atoms with E-state index in [4.69, 9.17) is 21.1 Å². The second-order valence-electron chi connectivity index (χ2n) is 4.50. The number of hydrogen-bond acceptors (Lipinski definition) is 4. The van der Waals surface area contributed by atoms with Gasteiger partial charge in [0, 0.05) is 12.1 Å². The van der Waals surface area contributed by atoms with E-state index in [0.29, 0.717) is 30.6 Å². The van der Waals surface area contributed by atoms with E-state index in [2.05, 4.69) is 17.0 Å². The Morgan fingerprint density at radius 1 is 1.24 bits per heavy atom. The number of alkyl halides is 1. The molecule has 0 aliphatic heterocycles. The number of ether oxygens (including phenoxy) is 2. The zero-order valence-corrected chi connectivity index (χ0v) is 13.1. The molecule has 1 aromatic heterocycles. The molecule has 2 rings (SSSR count). The van der Waals surface area contributed by atoms with E-state index < -0.39 is 0 Å². The third-order valence-corrected chi connectivity index (χ3v) is 3.27. The van der Waals surface area contributed by atoms with Crippen molar-refractivity contribution in [3.05, 3.63) is 35.9 Å². The lowest BCUT2D eigenvalue weighted by Crippen LogP contribution is -2.09. The number of hydrogen-bond donors (Lipinski definition) is 0. The summed E-state index contributed by atoms with van der Waals surface area (Å²) in [5.74, 6) is 2.55. The van der Waals surface area contributed by atoms with E-state index in [0.717, 1.165) is 24.4 Å². The maximum Gasteiger partial charge on any atom is 0.166 e. The molecule has 6 heteroatoms. The van der Waals surface area contributed by atoms with Crippen LogP contribution in [0.5, 0.6) is 11.5 Å². The number of halogens is 1. The van der Waals surface area contributed by atoms with Crippen molar-refractivity contribution in [3.8, 4) is 11.5 Å². The van der Waals surface area contributed by atoms with Gasteiger partial charge >= 0.3 is 0 Å². The minimum Gasteiger partial charge on any atom is -0.490 e. The number of aromatic nitrogens is 3. The van der Waals surface area contributed by atoms with E-state index in [-0.39, 0.29) is 0 Å². The van der Waals surface area contributed by atoms with Crippen molar-refractivity contribution in [2.45, 2.75) is 39.3 Å². The molecule has 21 heavy (non-hydrogen) atoms. The Balaban J connectivity index is 2.16. The third kappa shape index (κ3) is 3.88. The highest BCUT2D eigenvalue weighted by atomic mass is 35.5. The molecule has 0 saturated heterocycles.